The second-order valence-corrected chi connectivity index (χ2v) is 3.21. The molecule has 0 radical (unpaired) electrons. The molecule has 0 amide bonds. The van der Waals surface area contributed by atoms with Crippen molar-refractivity contribution in [3.8, 4) is 0 Å². The molecule has 2 aromatic rings. The zero-order valence-electron chi connectivity index (χ0n) is 7.74. The maximum atomic E-state index is 13.3. The number of aliphatic hydroxyl groups excluding tert-OH is 1. The van der Waals surface area contributed by atoms with Crippen LogP contribution in [0.4, 0.5) is 4.39 Å². The molecule has 2 nitrogen and oxygen atoms in total. The van der Waals surface area contributed by atoms with E-state index in [1.165, 1.54) is 12.3 Å². The van der Waals surface area contributed by atoms with Crippen molar-refractivity contribution in [3.63, 3.8) is 0 Å². The van der Waals surface area contributed by atoms with Crippen LogP contribution in [0.1, 0.15) is 18.7 Å². The van der Waals surface area contributed by atoms with Crippen LogP contribution in [0, 0.1) is 5.82 Å². The van der Waals surface area contributed by atoms with Gasteiger partial charge in [0, 0.05) is 17.0 Å². The molecule has 0 aliphatic carbocycles. The number of rotatable bonds is 1. The number of pyridine rings is 1. The molecule has 1 aromatic heterocycles. The van der Waals surface area contributed by atoms with Gasteiger partial charge in [0.1, 0.15) is 5.82 Å². The van der Waals surface area contributed by atoms with E-state index < -0.39 is 6.10 Å². The van der Waals surface area contributed by atoms with Crippen molar-refractivity contribution < 1.29 is 9.50 Å². The normalized spacial score (nSPS) is 13.1. The lowest BCUT2D eigenvalue weighted by Gasteiger charge is -2.07. The van der Waals surface area contributed by atoms with Gasteiger partial charge < -0.3 is 5.11 Å². The molecule has 1 atom stereocenters. The molecule has 72 valence electrons. The topological polar surface area (TPSA) is 33.1 Å². The summed E-state index contributed by atoms with van der Waals surface area (Å²) in [6.45, 7) is 1.62. The summed E-state index contributed by atoms with van der Waals surface area (Å²) >= 11 is 0. The standard InChI is InChI=1S/C11H10FNO/c1-7(14)11-9-3-2-4-10(12)8(9)5-6-13-11/h2-7,14H,1H3. The number of nitrogens with zero attached hydrogens (tertiary/aromatic N) is 1. The number of fused-ring (bicyclic) bond motifs is 1. The Hall–Kier alpha value is -1.48. The summed E-state index contributed by atoms with van der Waals surface area (Å²) in [4.78, 5) is 4.03. The first-order chi connectivity index (χ1) is 6.70. The van der Waals surface area contributed by atoms with E-state index in [2.05, 4.69) is 4.98 Å². The van der Waals surface area contributed by atoms with E-state index in [9.17, 15) is 9.50 Å². The highest BCUT2D eigenvalue weighted by Gasteiger charge is 2.09. The van der Waals surface area contributed by atoms with Crippen molar-refractivity contribution in [2.75, 3.05) is 0 Å². The summed E-state index contributed by atoms with van der Waals surface area (Å²) < 4.78 is 13.3. The van der Waals surface area contributed by atoms with Gasteiger partial charge in [-0.05, 0) is 19.1 Å². The van der Waals surface area contributed by atoms with Crippen LogP contribution in [0.15, 0.2) is 30.5 Å². The third-order valence-corrected chi connectivity index (χ3v) is 2.18. The summed E-state index contributed by atoms with van der Waals surface area (Å²) in [5.74, 6) is -0.285. The van der Waals surface area contributed by atoms with Gasteiger partial charge in [-0.3, -0.25) is 4.98 Å². The van der Waals surface area contributed by atoms with E-state index >= 15 is 0 Å². The van der Waals surface area contributed by atoms with E-state index in [0.717, 1.165) is 0 Å². The van der Waals surface area contributed by atoms with Gasteiger partial charge in [0.25, 0.3) is 0 Å². The molecule has 0 saturated carbocycles. The fourth-order valence-corrected chi connectivity index (χ4v) is 1.52. The molecule has 3 heteroatoms. The molecule has 0 aliphatic heterocycles. The number of aliphatic hydroxyl groups is 1. The average molecular weight is 191 g/mol. The van der Waals surface area contributed by atoms with Crippen molar-refractivity contribution in [1.29, 1.82) is 0 Å². The van der Waals surface area contributed by atoms with Gasteiger partial charge in [-0.25, -0.2) is 4.39 Å². The molecule has 0 spiro atoms. The van der Waals surface area contributed by atoms with Gasteiger partial charge in [0.2, 0.25) is 0 Å². The maximum Gasteiger partial charge on any atom is 0.131 e. The minimum atomic E-state index is -0.680. The third kappa shape index (κ3) is 1.36. The SMILES string of the molecule is CC(O)c1nccc2c(F)cccc12. The van der Waals surface area contributed by atoms with Gasteiger partial charge in [-0.2, -0.15) is 0 Å². The van der Waals surface area contributed by atoms with E-state index in [1.807, 2.05) is 0 Å². The molecule has 1 aromatic carbocycles. The Morgan fingerprint density at radius 3 is 2.79 bits per heavy atom. The van der Waals surface area contributed by atoms with Crippen molar-refractivity contribution >= 4 is 10.8 Å². The van der Waals surface area contributed by atoms with Crippen LogP contribution in [-0.4, -0.2) is 10.1 Å². The Kier molecular flexibility index (Phi) is 2.17. The Balaban J connectivity index is 2.81. The summed E-state index contributed by atoms with van der Waals surface area (Å²) in [6.07, 6.45) is 0.827. The predicted molar refractivity (Wildman–Crippen MR) is 52.3 cm³/mol. The minimum absolute atomic E-state index is 0.285. The van der Waals surface area contributed by atoms with Gasteiger partial charge in [-0.1, -0.05) is 12.1 Å². The number of benzene rings is 1. The van der Waals surface area contributed by atoms with Crippen molar-refractivity contribution in [2.45, 2.75) is 13.0 Å². The number of hydrogen-bond donors (Lipinski definition) is 1. The summed E-state index contributed by atoms with van der Waals surface area (Å²) in [5, 5.41) is 10.6. The average Bonchev–Trinajstić information content (AvgIpc) is 2.17. The van der Waals surface area contributed by atoms with Crippen molar-refractivity contribution in [1.82, 2.24) is 4.98 Å². The zero-order chi connectivity index (χ0) is 10.1. The van der Waals surface area contributed by atoms with E-state index in [0.29, 0.717) is 16.5 Å². The molecule has 0 saturated heterocycles. The van der Waals surface area contributed by atoms with Crippen LogP contribution in [0.2, 0.25) is 0 Å². The van der Waals surface area contributed by atoms with Crippen LogP contribution in [0.5, 0.6) is 0 Å². The lowest BCUT2D eigenvalue weighted by molar-refractivity contribution is 0.196. The first-order valence-electron chi connectivity index (χ1n) is 4.41. The Bertz CT molecular complexity index is 468. The van der Waals surface area contributed by atoms with E-state index in [4.69, 9.17) is 0 Å². The second-order valence-electron chi connectivity index (χ2n) is 3.21. The molecule has 0 bridgehead atoms. The summed E-state index contributed by atoms with van der Waals surface area (Å²) in [7, 11) is 0. The van der Waals surface area contributed by atoms with Gasteiger partial charge >= 0.3 is 0 Å². The lowest BCUT2D eigenvalue weighted by atomic mass is 10.1. The monoisotopic (exact) mass is 191 g/mol. The first kappa shape index (κ1) is 9.09. The van der Waals surface area contributed by atoms with Gasteiger partial charge in [0.15, 0.2) is 0 Å². The molecule has 14 heavy (non-hydrogen) atoms. The highest BCUT2D eigenvalue weighted by Crippen LogP contribution is 2.23. The van der Waals surface area contributed by atoms with Gasteiger partial charge in [-0.15, -0.1) is 0 Å². The van der Waals surface area contributed by atoms with Crippen LogP contribution < -0.4 is 0 Å². The van der Waals surface area contributed by atoms with Crippen LogP contribution in [0.3, 0.4) is 0 Å². The third-order valence-electron chi connectivity index (χ3n) is 2.18. The Morgan fingerprint density at radius 1 is 1.29 bits per heavy atom. The van der Waals surface area contributed by atoms with Gasteiger partial charge in [0.05, 0.1) is 11.8 Å². The molecular formula is C11H10FNO. The largest absolute Gasteiger partial charge is 0.387 e. The highest BCUT2D eigenvalue weighted by molar-refractivity contribution is 5.85. The molecule has 0 fully saturated rings. The van der Waals surface area contributed by atoms with E-state index in [1.54, 1.807) is 25.1 Å². The molecular weight excluding hydrogens is 181 g/mol. The smallest absolute Gasteiger partial charge is 0.131 e. The Morgan fingerprint density at radius 2 is 2.07 bits per heavy atom. The molecule has 1 heterocycles. The molecule has 1 unspecified atom stereocenters. The fraction of sp³-hybridized carbons (Fsp3) is 0.182. The summed E-state index contributed by atoms with van der Waals surface area (Å²) in [6, 6.07) is 6.38. The van der Waals surface area contributed by atoms with Crippen LogP contribution in [-0.2, 0) is 0 Å². The molecule has 0 aliphatic rings. The second kappa shape index (κ2) is 3.35. The lowest BCUT2D eigenvalue weighted by Crippen LogP contribution is -1.96. The number of aromatic nitrogens is 1. The molecule has 1 N–H and O–H groups in total. The Labute approximate surface area is 81.0 Å². The number of halogens is 1. The quantitative estimate of drug-likeness (QED) is 0.750. The van der Waals surface area contributed by atoms with Crippen molar-refractivity contribution in [3.05, 3.63) is 42.0 Å². The zero-order valence-corrected chi connectivity index (χ0v) is 7.74. The van der Waals surface area contributed by atoms with Crippen LogP contribution in [0.25, 0.3) is 10.8 Å². The fourth-order valence-electron chi connectivity index (χ4n) is 1.52. The highest BCUT2D eigenvalue weighted by atomic mass is 19.1. The van der Waals surface area contributed by atoms with Crippen LogP contribution >= 0.6 is 0 Å². The van der Waals surface area contributed by atoms with E-state index in [-0.39, 0.29) is 5.82 Å². The number of hydrogen-bond acceptors (Lipinski definition) is 2. The van der Waals surface area contributed by atoms with Crippen molar-refractivity contribution in [2.24, 2.45) is 0 Å². The predicted octanol–water partition coefficient (Wildman–Crippen LogP) is 2.43. The maximum absolute atomic E-state index is 13.3. The first-order valence-corrected chi connectivity index (χ1v) is 4.41. The molecule has 2 rings (SSSR count). The minimum Gasteiger partial charge on any atom is -0.387 e. The summed E-state index contributed by atoms with van der Waals surface area (Å²) in [5.41, 5.74) is 0.516.